The minimum atomic E-state index is -3.39. The molecule has 7 heteroatoms. The fraction of sp³-hybridized carbons (Fsp3) is 0.737. The van der Waals surface area contributed by atoms with Crippen LogP contribution in [0.5, 0.6) is 0 Å². The molecule has 1 atom stereocenters. The summed E-state index contributed by atoms with van der Waals surface area (Å²) in [5, 5.41) is 0.132. The van der Waals surface area contributed by atoms with Crippen LogP contribution in [0, 0.1) is 12.3 Å². The van der Waals surface area contributed by atoms with Crippen LogP contribution in [0.15, 0.2) is 11.4 Å². The third-order valence-corrected chi connectivity index (χ3v) is 6.38. The van der Waals surface area contributed by atoms with Crippen LogP contribution >= 0.6 is 0 Å². The summed E-state index contributed by atoms with van der Waals surface area (Å²) in [5.74, 6) is 2.77. The monoisotopic (exact) mass is 379 g/mol. The second-order valence-corrected chi connectivity index (χ2v) is 9.36. The lowest BCUT2D eigenvalue weighted by atomic mass is 9.94. The highest BCUT2D eigenvalue weighted by Gasteiger charge is 2.27. The normalized spacial score (nSPS) is 22.0. The van der Waals surface area contributed by atoms with Gasteiger partial charge in [-0.1, -0.05) is 25.2 Å². The van der Waals surface area contributed by atoms with Crippen molar-refractivity contribution in [1.29, 1.82) is 0 Å². The molecule has 0 radical (unpaired) electrons. The summed E-state index contributed by atoms with van der Waals surface area (Å²) in [6, 6.07) is 0.465. The van der Waals surface area contributed by atoms with E-state index in [-0.39, 0.29) is 11.3 Å². The van der Waals surface area contributed by atoms with Gasteiger partial charge in [0.05, 0.1) is 31.1 Å². The van der Waals surface area contributed by atoms with E-state index in [0.29, 0.717) is 25.7 Å². The van der Waals surface area contributed by atoms with Crippen molar-refractivity contribution in [2.24, 2.45) is 0 Å². The van der Waals surface area contributed by atoms with Gasteiger partial charge in [0, 0.05) is 25.4 Å². The van der Waals surface area contributed by atoms with Crippen LogP contribution in [0.2, 0.25) is 0 Å². The number of hydrogen-bond acceptors (Lipinski definition) is 5. The van der Waals surface area contributed by atoms with Gasteiger partial charge in [-0.3, -0.25) is 4.90 Å². The van der Waals surface area contributed by atoms with Gasteiger partial charge < -0.3 is 9.30 Å². The number of nitrogens with zero attached hydrogens (tertiary/aromatic N) is 3. The van der Waals surface area contributed by atoms with Crippen molar-refractivity contribution >= 4 is 9.84 Å². The molecule has 2 heterocycles. The van der Waals surface area contributed by atoms with Crippen LogP contribution in [-0.2, 0) is 27.7 Å². The number of ether oxygens (including phenoxy) is 1. The van der Waals surface area contributed by atoms with Crippen LogP contribution < -0.4 is 0 Å². The molecule has 0 bridgehead atoms. The second-order valence-electron chi connectivity index (χ2n) is 7.45. The third-order valence-electron chi connectivity index (χ3n) is 5.39. The summed E-state index contributed by atoms with van der Waals surface area (Å²) in [6.07, 6.45) is 16.6. The molecule has 1 aliphatic heterocycles. The number of rotatable bonds is 7. The molecule has 1 saturated heterocycles. The predicted octanol–water partition coefficient (Wildman–Crippen LogP) is 2.23. The van der Waals surface area contributed by atoms with Crippen LogP contribution in [0.1, 0.15) is 50.6 Å². The van der Waals surface area contributed by atoms with Crippen LogP contribution in [0.4, 0.5) is 0 Å². The summed E-state index contributed by atoms with van der Waals surface area (Å²) in [7, 11) is -3.39. The van der Waals surface area contributed by atoms with Crippen LogP contribution in [0.3, 0.4) is 0 Å². The lowest BCUT2D eigenvalue weighted by Gasteiger charge is -2.33. The first-order valence-electron chi connectivity index (χ1n) is 9.52. The molecule has 0 N–H and O–H groups in total. The average Bonchev–Trinajstić information content (AvgIpc) is 3.26. The molecule has 1 saturated carbocycles. The van der Waals surface area contributed by atoms with Gasteiger partial charge in [0.2, 0.25) is 15.0 Å². The molecule has 6 nitrogen and oxygen atoms in total. The maximum Gasteiger partial charge on any atom is 0.227 e. The number of aromatic nitrogens is 2. The van der Waals surface area contributed by atoms with E-state index < -0.39 is 9.84 Å². The van der Waals surface area contributed by atoms with E-state index in [1.54, 1.807) is 6.20 Å². The Morgan fingerprint density at radius 3 is 2.69 bits per heavy atom. The standard InChI is InChI=1S/C19H29N3O3S/c1-3-11-21(16-8-5-4-6-9-16)14-17-13-20-19(26(2,23)24)22(17)15-18-10-7-12-25-18/h1,13,16,18H,4-12,14-15H2,2H3. The van der Waals surface area contributed by atoms with E-state index in [0.717, 1.165) is 38.0 Å². The molecule has 3 rings (SSSR count). The Bertz CT molecular complexity index is 739. The maximum absolute atomic E-state index is 12.2. The third kappa shape index (κ3) is 4.67. The van der Waals surface area contributed by atoms with Gasteiger partial charge in [0.15, 0.2) is 0 Å². The van der Waals surface area contributed by atoms with Gasteiger partial charge >= 0.3 is 0 Å². The zero-order valence-corrected chi connectivity index (χ0v) is 16.4. The lowest BCUT2D eigenvalue weighted by Crippen LogP contribution is -2.37. The molecule has 2 fully saturated rings. The Morgan fingerprint density at radius 1 is 1.31 bits per heavy atom. The largest absolute Gasteiger partial charge is 0.376 e. The molecule has 1 unspecified atom stereocenters. The van der Waals surface area contributed by atoms with Gasteiger partial charge in [0.1, 0.15) is 0 Å². The van der Waals surface area contributed by atoms with Crippen molar-refractivity contribution in [3.05, 3.63) is 11.9 Å². The highest BCUT2D eigenvalue weighted by atomic mass is 32.2. The predicted molar refractivity (Wildman–Crippen MR) is 100 cm³/mol. The molecule has 0 aromatic carbocycles. The average molecular weight is 380 g/mol. The molecule has 1 aliphatic carbocycles. The highest BCUT2D eigenvalue weighted by Crippen LogP contribution is 2.25. The first kappa shape index (κ1) is 19.4. The molecule has 0 amide bonds. The number of terminal acetylenes is 1. The summed E-state index contributed by atoms with van der Waals surface area (Å²) in [6.45, 7) is 2.48. The van der Waals surface area contributed by atoms with Crippen molar-refractivity contribution in [2.45, 2.75) is 75.3 Å². The van der Waals surface area contributed by atoms with Crippen molar-refractivity contribution in [3.8, 4) is 12.3 Å². The summed E-state index contributed by atoms with van der Waals surface area (Å²) in [4.78, 5) is 6.53. The molecule has 1 aromatic heterocycles. The topological polar surface area (TPSA) is 64.4 Å². The molecule has 2 aliphatic rings. The summed E-state index contributed by atoms with van der Waals surface area (Å²) in [5.41, 5.74) is 0.904. The fourth-order valence-corrected chi connectivity index (χ4v) is 4.92. The quantitative estimate of drug-likeness (QED) is 0.680. The minimum absolute atomic E-state index is 0.0548. The van der Waals surface area contributed by atoms with Crippen molar-refractivity contribution in [2.75, 3.05) is 19.4 Å². The number of sulfone groups is 1. The second kappa shape index (κ2) is 8.55. The first-order chi connectivity index (χ1) is 12.5. The van der Waals surface area contributed by atoms with Crippen LogP contribution in [0.25, 0.3) is 0 Å². The summed E-state index contributed by atoms with van der Waals surface area (Å²) >= 11 is 0. The maximum atomic E-state index is 12.2. The van der Waals surface area contributed by atoms with Crippen molar-refractivity contribution in [1.82, 2.24) is 14.5 Å². The van der Waals surface area contributed by atoms with E-state index >= 15 is 0 Å². The van der Waals surface area contributed by atoms with Crippen LogP contribution in [-0.4, -0.2) is 54.4 Å². The SMILES string of the molecule is C#CCN(Cc1cnc(S(C)(=O)=O)n1CC1CCCO1)C1CCCCC1. The molecule has 26 heavy (non-hydrogen) atoms. The highest BCUT2D eigenvalue weighted by molar-refractivity contribution is 7.90. The van der Waals surface area contributed by atoms with Gasteiger partial charge in [-0.15, -0.1) is 6.42 Å². The number of hydrogen-bond donors (Lipinski definition) is 0. The Labute approximate surface area is 156 Å². The zero-order chi connectivity index (χ0) is 18.6. The van der Waals surface area contributed by atoms with Gasteiger partial charge in [-0.25, -0.2) is 13.4 Å². The Hall–Kier alpha value is -1.36. The van der Waals surface area contributed by atoms with Crippen molar-refractivity contribution < 1.29 is 13.2 Å². The van der Waals surface area contributed by atoms with E-state index in [1.165, 1.54) is 25.5 Å². The Balaban J connectivity index is 1.84. The van der Waals surface area contributed by atoms with Gasteiger partial charge in [-0.2, -0.15) is 0 Å². The zero-order valence-electron chi connectivity index (χ0n) is 15.6. The molecule has 1 aromatic rings. The van der Waals surface area contributed by atoms with E-state index in [1.807, 2.05) is 4.57 Å². The molecular weight excluding hydrogens is 350 g/mol. The van der Waals surface area contributed by atoms with E-state index in [4.69, 9.17) is 11.2 Å². The van der Waals surface area contributed by atoms with E-state index in [2.05, 4.69) is 15.8 Å². The van der Waals surface area contributed by atoms with Crippen molar-refractivity contribution in [3.63, 3.8) is 0 Å². The minimum Gasteiger partial charge on any atom is -0.376 e. The molecular formula is C19H29N3O3S. The molecule has 144 valence electrons. The first-order valence-corrected chi connectivity index (χ1v) is 11.4. The lowest BCUT2D eigenvalue weighted by molar-refractivity contribution is 0.0923. The molecule has 0 spiro atoms. The fourth-order valence-electron chi connectivity index (χ4n) is 4.09. The van der Waals surface area contributed by atoms with E-state index in [9.17, 15) is 8.42 Å². The number of imidazole rings is 1. The Morgan fingerprint density at radius 2 is 2.08 bits per heavy atom. The Kier molecular flexibility index (Phi) is 6.38. The smallest absolute Gasteiger partial charge is 0.227 e. The van der Waals surface area contributed by atoms with Gasteiger partial charge in [-0.05, 0) is 25.7 Å². The summed E-state index contributed by atoms with van der Waals surface area (Å²) < 4.78 is 31.9. The van der Waals surface area contributed by atoms with Gasteiger partial charge in [0.25, 0.3) is 0 Å².